The summed E-state index contributed by atoms with van der Waals surface area (Å²) in [4.78, 5) is 0. The van der Waals surface area contributed by atoms with E-state index in [2.05, 4.69) is 72.8 Å². The number of fused-ring (bicyclic) bond motifs is 2. The van der Waals surface area contributed by atoms with Gasteiger partial charge in [0.1, 0.15) is 0 Å². The summed E-state index contributed by atoms with van der Waals surface area (Å²) in [5.74, 6) is 5.83. The van der Waals surface area contributed by atoms with Crippen molar-refractivity contribution in [2.75, 3.05) is 0 Å². The fraction of sp³-hybridized carbons (Fsp3) is 0.486. The Morgan fingerprint density at radius 1 is 0.550 bits per heavy atom. The van der Waals surface area contributed by atoms with Crippen LogP contribution in [-0.2, 0) is 24.2 Å². The first kappa shape index (κ1) is 30.5. The SMILES string of the molecule is [Cl-].[Cl-].[Zr+2]=[C]1CCCC1.c1ccc2c(C(C3CC3)C3CC3)c[cH-]c2c1.c1ccc2c(C(C3CC3)C3CC3)c[cH-]c2c1. The number of hydrogen-bond acceptors (Lipinski definition) is 0. The Bertz CT molecular complexity index is 1270. The van der Waals surface area contributed by atoms with E-state index < -0.39 is 0 Å². The largest absolute Gasteiger partial charge is 0.150 e. The topological polar surface area (TPSA) is 0 Å². The van der Waals surface area contributed by atoms with Crippen LogP contribution in [0, 0.1) is 23.7 Å². The molecule has 0 N–H and O–H groups in total. The van der Waals surface area contributed by atoms with Crippen LogP contribution in [-0.4, -0.2) is 3.21 Å². The maximum absolute atomic E-state index is 2.39. The third-order valence-electron chi connectivity index (χ3n) is 9.87. The van der Waals surface area contributed by atoms with Gasteiger partial charge in [0.05, 0.1) is 0 Å². The Morgan fingerprint density at radius 3 is 1.20 bits per heavy atom. The molecular formula is C37H42Cl2Zr-2. The normalized spacial score (nSPS) is 20.1. The maximum Gasteiger partial charge on any atom is -0.0430 e. The van der Waals surface area contributed by atoms with E-state index in [1.807, 2.05) is 0 Å². The second-order valence-corrected chi connectivity index (χ2v) is 14.7. The van der Waals surface area contributed by atoms with E-state index in [-0.39, 0.29) is 24.8 Å². The molecular weight excluding hydrogens is 607 g/mol. The van der Waals surface area contributed by atoms with Gasteiger partial charge >= 0.3 is 53.1 Å². The van der Waals surface area contributed by atoms with Gasteiger partial charge in [-0.2, -0.15) is 0 Å². The number of hydrogen-bond donors (Lipinski definition) is 0. The standard InChI is InChI=1S/2C16H17.C5H8.2ClH.Zr/c2*1-2-4-14-11(3-1)9-10-15(14)16(12-5-6-12)13-7-8-13;1-2-4-5-3-1;;;/h2*1-4,9-10,12-13,16H,5-8H2;1-4H2;2*1H;/q2*-1;;;;+2/p-2. The average Bonchev–Trinajstić information content (AvgIpc) is 3.75. The molecule has 0 unspecified atom stereocenters. The molecule has 0 spiro atoms. The summed E-state index contributed by atoms with van der Waals surface area (Å²) >= 11 is 1.68. The van der Waals surface area contributed by atoms with Gasteiger partial charge in [-0.1, -0.05) is 75.3 Å². The molecule has 210 valence electrons. The zero-order chi connectivity index (χ0) is 25.5. The average molecular weight is 649 g/mol. The van der Waals surface area contributed by atoms with Gasteiger partial charge in [0.15, 0.2) is 0 Å². The molecule has 5 fully saturated rings. The quantitative estimate of drug-likeness (QED) is 0.275. The molecule has 40 heavy (non-hydrogen) atoms. The molecule has 4 aromatic carbocycles. The smallest absolute Gasteiger partial charge is 0.0430 e. The van der Waals surface area contributed by atoms with Crippen molar-refractivity contribution in [3.05, 3.63) is 83.9 Å². The van der Waals surface area contributed by atoms with Crippen LogP contribution >= 0.6 is 0 Å². The van der Waals surface area contributed by atoms with Crippen molar-refractivity contribution in [1.82, 2.24) is 0 Å². The van der Waals surface area contributed by atoms with Gasteiger partial charge < -0.3 is 24.8 Å². The van der Waals surface area contributed by atoms with Crippen LogP contribution in [0.25, 0.3) is 21.5 Å². The van der Waals surface area contributed by atoms with Gasteiger partial charge in [-0.3, -0.25) is 0 Å². The van der Waals surface area contributed by atoms with E-state index in [1.54, 1.807) is 38.6 Å². The van der Waals surface area contributed by atoms with E-state index in [0.717, 1.165) is 35.5 Å². The van der Waals surface area contributed by atoms with Crippen molar-refractivity contribution in [3.63, 3.8) is 0 Å². The van der Waals surface area contributed by atoms with Crippen LogP contribution in [0.3, 0.4) is 0 Å². The summed E-state index contributed by atoms with van der Waals surface area (Å²) in [6, 6.07) is 27.2. The van der Waals surface area contributed by atoms with Crippen LogP contribution in [0.15, 0.2) is 72.8 Å². The molecule has 5 aliphatic carbocycles. The minimum Gasteiger partial charge on any atom is -0.150 e. The van der Waals surface area contributed by atoms with Crippen LogP contribution < -0.4 is 24.8 Å². The van der Waals surface area contributed by atoms with Crippen molar-refractivity contribution in [3.8, 4) is 0 Å². The van der Waals surface area contributed by atoms with Crippen molar-refractivity contribution in [2.24, 2.45) is 23.7 Å². The fourth-order valence-corrected chi connectivity index (χ4v) is 8.21. The summed E-state index contributed by atoms with van der Waals surface area (Å²) < 4.78 is 1.79. The van der Waals surface area contributed by atoms with Gasteiger partial charge in [-0.15, -0.1) is 93.3 Å². The molecule has 0 radical (unpaired) electrons. The van der Waals surface area contributed by atoms with Gasteiger partial charge in [0, 0.05) is 0 Å². The molecule has 5 saturated carbocycles. The molecule has 0 heterocycles. The Hall–Kier alpha value is -1.01. The number of benzene rings is 2. The monoisotopic (exact) mass is 646 g/mol. The molecule has 3 heteroatoms. The predicted octanol–water partition coefficient (Wildman–Crippen LogP) is 4.21. The molecule has 0 nitrogen and oxygen atoms in total. The third-order valence-corrected chi connectivity index (χ3v) is 11.1. The van der Waals surface area contributed by atoms with Gasteiger partial charge in [0.25, 0.3) is 0 Å². The van der Waals surface area contributed by atoms with E-state index >= 15 is 0 Å². The maximum atomic E-state index is 2.39. The number of rotatable bonds is 6. The molecule has 0 aliphatic heterocycles. The predicted molar refractivity (Wildman–Crippen MR) is 159 cm³/mol. The van der Waals surface area contributed by atoms with E-state index in [4.69, 9.17) is 0 Å². The molecule has 4 aromatic rings. The van der Waals surface area contributed by atoms with Crippen LogP contribution in [0.2, 0.25) is 0 Å². The van der Waals surface area contributed by atoms with Crippen molar-refractivity contribution < 1.29 is 49.0 Å². The van der Waals surface area contributed by atoms with Gasteiger partial charge in [-0.25, -0.2) is 0 Å². The molecule has 0 amide bonds. The first-order valence-electron chi connectivity index (χ1n) is 15.6. The minimum atomic E-state index is 0. The fourth-order valence-electron chi connectivity index (χ4n) is 7.34. The van der Waals surface area contributed by atoms with Crippen molar-refractivity contribution in [1.29, 1.82) is 0 Å². The van der Waals surface area contributed by atoms with Crippen molar-refractivity contribution >= 4 is 24.8 Å². The summed E-state index contributed by atoms with van der Waals surface area (Å²) in [7, 11) is 0. The molecule has 0 atom stereocenters. The first-order chi connectivity index (χ1) is 18.8. The molecule has 0 aromatic heterocycles. The molecule has 5 aliphatic rings. The molecule has 0 saturated heterocycles. The van der Waals surface area contributed by atoms with Crippen LogP contribution in [0.4, 0.5) is 0 Å². The van der Waals surface area contributed by atoms with Crippen molar-refractivity contribution in [2.45, 2.75) is 88.9 Å². The van der Waals surface area contributed by atoms with E-state index in [9.17, 15) is 0 Å². The Kier molecular flexibility index (Phi) is 10.3. The zero-order valence-corrected chi connectivity index (χ0v) is 27.6. The second kappa shape index (κ2) is 13.5. The Balaban J connectivity index is 0.000000129. The Labute approximate surface area is 268 Å². The molecule has 9 rings (SSSR count). The van der Waals surface area contributed by atoms with E-state index in [0.29, 0.717) is 0 Å². The van der Waals surface area contributed by atoms with Crippen LogP contribution in [0.1, 0.15) is 100 Å². The third kappa shape index (κ3) is 7.13. The van der Waals surface area contributed by atoms with Crippen LogP contribution in [0.5, 0.6) is 0 Å². The first-order valence-corrected chi connectivity index (χ1v) is 16.8. The summed E-state index contributed by atoms with van der Waals surface area (Å²) in [5.41, 5.74) is 3.31. The Morgan fingerprint density at radius 2 is 0.900 bits per heavy atom. The second-order valence-electron chi connectivity index (χ2n) is 13.0. The van der Waals surface area contributed by atoms with Gasteiger partial charge in [-0.05, 0) is 23.7 Å². The molecule has 0 bridgehead atoms. The number of halogens is 2. The van der Waals surface area contributed by atoms with E-state index in [1.165, 1.54) is 98.6 Å². The summed E-state index contributed by atoms with van der Waals surface area (Å²) in [6.07, 6.45) is 17.6. The summed E-state index contributed by atoms with van der Waals surface area (Å²) in [5, 5.41) is 5.91. The zero-order valence-electron chi connectivity index (χ0n) is 23.6. The van der Waals surface area contributed by atoms with Gasteiger partial charge in [0.2, 0.25) is 0 Å². The minimum absolute atomic E-state index is 0. The summed E-state index contributed by atoms with van der Waals surface area (Å²) in [6.45, 7) is 0.